The van der Waals surface area contributed by atoms with Gasteiger partial charge in [0.2, 0.25) is 0 Å². The maximum Gasteiger partial charge on any atom is 0.275 e. The molecule has 0 radical (unpaired) electrons. The summed E-state index contributed by atoms with van der Waals surface area (Å²) >= 11 is 1.06. The molecular formula is C16H20N4O3S. The van der Waals surface area contributed by atoms with Crippen LogP contribution in [0.1, 0.15) is 16.1 Å². The van der Waals surface area contributed by atoms with Crippen LogP contribution in [0.2, 0.25) is 0 Å². The van der Waals surface area contributed by atoms with Crippen LogP contribution >= 0.6 is 11.7 Å². The van der Waals surface area contributed by atoms with Gasteiger partial charge in [0, 0.05) is 38.3 Å². The Morgan fingerprint density at radius 3 is 2.62 bits per heavy atom. The monoisotopic (exact) mass is 348 g/mol. The molecule has 0 bridgehead atoms. The van der Waals surface area contributed by atoms with Gasteiger partial charge in [-0.15, -0.1) is 0 Å². The number of aromatic nitrogens is 2. The summed E-state index contributed by atoms with van der Waals surface area (Å²) in [6, 6.07) is 5.81. The first-order chi connectivity index (χ1) is 11.7. The highest BCUT2D eigenvalue weighted by atomic mass is 32.1. The van der Waals surface area contributed by atoms with Crippen molar-refractivity contribution in [2.45, 2.75) is 6.54 Å². The lowest BCUT2D eigenvalue weighted by Crippen LogP contribution is -2.48. The fourth-order valence-electron chi connectivity index (χ4n) is 2.78. The standard InChI is InChI=1S/C16H20N4O3S/c1-22-13-3-4-15(23-2)12(9-13)11-19-5-7-20(8-6-19)16(21)14-10-17-24-18-14/h3-4,9-10H,5-8,11H2,1-2H3. The fraction of sp³-hybridized carbons (Fsp3) is 0.438. The zero-order chi connectivity index (χ0) is 16.9. The van der Waals surface area contributed by atoms with E-state index in [0.717, 1.165) is 48.4 Å². The second-order valence-corrected chi connectivity index (χ2v) is 6.10. The van der Waals surface area contributed by atoms with E-state index in [0.29, 0.717) is 18.8 Å². The quantitative estimate of drug-likeness (QED) is 0.816. The average molecular weight is 348 g/mol. The molecule has 0 aliphatic carbocycles. The third-order valence-electron chi connectivity index (χ3n) is 4.12. The van der Waals surface area contributed by atoms with Gasteiger partial charge in [-0.25, -0.2) is 0 Å². The molecule has 1 saturated heterocycles. The molecule has 1 fully saturated rings. The molecule has 8 heteroatoms. The van der Waals surface area contributed by atoms with E-state index in [1.807, 2.05) is 23.1 Å². The molecule has 24 heavy (non-hydrogen) atoms. The van der Waals surface area contributed by atoms with Crippen molar-refractivity contribution in [2.75, 3.05) is 40.4 Å². The maximum absolute atomic E-state index is 12.3. The van der Waals surface area contributed by atoms with Gasteiger partial charge in [0.25, 0.3) is 5.91 Å². The van der Waals surface area contributed by atoms with Gasteiger partial charge in [0.05, 0.1) is 32.1 Å². The van der Waals surface area contributed by atoms with Crippen molar-refractivity contribution in [3.8, 4) is 11.5 Å². The third-order valence-corrected chi connectivity index (χ3v) is 4.60. The second kappa shape index (κ2) is 7.59. The molecule has 2 heterocycles. The summed E-state index contributed by atoms with van der Waals surface area (Å²) in [5.74, 6) is 1.63. The third kappa shape index (κ3) is 3.65. The lowest BCUT2D eigenvalue weighted by Gasteiger charge is -2.34. The first-order valence-corrected chi connectivity index (χ1v) is 8.44. The Kier molecular flexibility index (Phi) is 5.27. The van der Waals surface area contributed by atoms with Crippen molar-refractivity contribution >= 4 is 17.6 Å². The number of ether oxygens (including phenoxy) is 2. The zero-order valence-corrected chi connectivity index (χ0v) is 14.6. The molecular weight excluding hydrogens is 328 g/mol. The van der Waals surface area contributed by atoms with Gasteiger partial charge in [-0.2, -0.15) is 8.75 Å². The second-order valence-electron chi connectivity index (χ2n) is 5.54. The number of methoxy groups -OCH3 is 2. The number of nitrogens with zero attached hydrogens (tertiary/aromatic N) is 4. The minimum Gasteiger partial charge on any atom is -0.497 e. The van der Waals surface area contributed by atoms with E-state index in [1.54, 1.807) is 14.2 Å². The van der Waals surface area contributed by atoms with Crippen LogP contribution in [0.15, 0.2) is 24.4 Å². The van der Waals surface area contributed by atoms with Crippen LogP contribution in [-0.4, -0.2) is 64.9 Å². The number of rotatable bonds is 5. The minimum absolute atomic E-state index is 0.0395. The minimum atomic E-state index is -0.0395. The maximum atomic E-state index is 12.3. The van der Waals surface area contributed by atoms with Gasteiger partial charge >= 0.3 is 0 Å². The molecule has 2 aromatic rings. The van der Waals surface area contributed by atoms with Crippen molar-refractivity contribution in [3.05, 3.63) is 35.7 Å². The number of carbonyl (C=O) groups excluding carboxylic acids is 1. The summed E-state index contributed by atoms with van der Waals surface area (Å²) in [6.45, 7) is 3.75. The molecule has 0 N–H and O–H groups in total. The van der Waals surface area contributed by atoms with Crippen LogP contribution in [0.4, 0.5) is 0 Å². The molecule has 7 nitrogen and oxygen atoms in total. The van der Waals surface area contributed by atoms with E-state index < -0.39 is 0 Å². The Morgan fingerprint density at radius 1 is 1.21 bits per heavy atom. The largest absolute Gasteiger partial charge is 0.497 e. The van der Waals surface area contributed by atoms with Gasteiger partial charge < -0.3 is 14.4 Å². The summed E-state index contributed by atoms with van der Waals surface area (Å²) in [6.07, 6.45) is 1.53. The smallest absolute Gasteiger partial charge is 0.275 e. The van der Waals surface area contributed by atoms with Crippen molar-refractivity contribution < 1.29 is 14.3 Å². The van der Waals surface area contributed by atoms with Gasteiger partial charge in [0.15, 0.2) is 5.69 Å². The van der Waals surface area contributed by atoms with Gasteiger partial charge in [-0.05, 0) is 18.2 Å². The highest BCUT2D eigenvalue weighted by molar-refractivity contribution is 6.99. The summed E-state index contributed by atoms with van der Waals surface area (Å²) in [5, 5.41) is 0. The van der Waals surface area contributed by atoms with E-state index in [2.05, 4.69) is 13.6 Å². The molecule has 1 aromatic carbocycles. The molecule has 128 valence electrons. The molecule has 0 saturated carbocycles. The Bertz CT molecular complexity index is 685. The van der Waals surface area contributed by atoms with E-state index in [4.69, 9.17) is 9.47 Å². The lowest BCUT2D eigenvalue weighted by molar-refractivity contribution is 0.0622. The molecule has 1 aliphatic rings. The Balaban J connectivity index is 1.60. The molecule has 0 unspecified atom stereocenters. The first-order valence-electron chi connectivity index (χ1n) is 7.71. The zero-order valence-electron chi connectivity index (χ0n) is 13.8. The van der Waals surface area contributed by atoms with Gasteiger partial charge in [-0.1, -0.05) is 0 Å². The highest BCUT2D eigenvalue weighted by Gasteiger charge is 2.24. The van der Waals surface area contributed by atoms with E-state index >= 15 is 0 Å². The van der Waals surface area contributed by atoms with Crippen LogP contribution in [0.25, 0.3) is 0 Å². The van der Waals surface area contributed by atoms with Gasteiger partial charge in [0.1, 0.15) is 11.5 Å². The average Bonchev–Trinajstić information content (AvgIpc) is 3.16. The predicted octanol–water partition coefficient (Wildman–Crippen LogP) is 1.51. The van der Waals surface area contributed by atoms with Crippen molar-refractivity contribution in [2.24, 2.45) is 0 Å². The molecule has 3 rings (SSSR count). The van der Waals surface area contributed by atoms with Crippen LogP contribution < -0.4 is 9.47 Å². The summed E-state index contributed by atoms with van der Waals surface area (Å²) in [5.41, 5.74) is 1.52. The lowest BCUT2D eigenvalue weighted by atomic mass is 10.1. The van der Waals surface area contributed by atoms with Crippen LogP contribution in [0.5, 0.6) is 11.5 Å². The molecule has 0 spiro atoms. The van der Waals surface area contributed by atoms with Crippen LogP contribution in [0, 0.1) is 0 Å². The number of benzene rings is 1. The van der Waals surface area contributed by atoms with E-state index in [-0.39, 0.29) is 5.91 Å². The summed E-state index contributed by atoms with van der Waals surface area (Å²) in [7, 11) is 3.33. The molecule has 1 aliphatic heterocycles. The number of hydrogen-bond acceptors (Lipinski definition) is 7. The van der Waals surface area contributed by atoms with Crippen molar-refractivity contribution in [3.63, 3.8) is 0 Å². The van der Waals surface area contributed by atoms with E-state index in [1.165, 1.54) is 6.20 Å². The molecule has 1 amide bonds. The van der Waals surface area contributed by atoms with Crippen molar-refractivity contribution in [1.29, 1.82) is 0 Å². The fourth-order valence-corrected chi connectivity index (χ4v) is 3.18. The number of carbonyl (C=O) groups is 1. The van der Waals surface area contributed by atoms with E-state index in [9.17, 15) is 4.79 Å². The summed E-state index contributed by atoms with van der Waals surface area (Å²) < 4.78 is 18.6. The topological polar surface area (TPSA) is 67.8 Å². The normalized spacial score (nSPS) is 15.3. The first kappa shape index (κ1) is 16.7. The highest BCUT2D eigenvalue weighted by Crippen LogP contribution is 2.25. The van der Waals surface area contributed by atoms with Gasteiger partial charge in [-0.3, -0.25) is 9.69 Å². The number of piperazine rings is 1. The Hall–Kier alpha value is -2.19. The Labute approximate surface area is 145 Å². The molecule has 1 aromatic heterocycles. The summed E-state index contributed by atoms with van der Waals surface area (Å²) in [4.78, 5) is 16.4. The Morgan fingerprint density at radius 2 is 2.00 bits per heavy atom. The number of amides is 1. The SMILES string of the molecule is COc1ccc(OC)c(CN2CCN(C(=O)c3cnsn3)CC2)c1. The van der Waals surface area contributed by atoms with Crippen LogP contribution in [0.3, 0.4) is 0 Å². The predicted molar refractivity (Wildman–Crippen MR) is 90.6 cm³/mol. The number of hydrogen-bond donors (Lipinski definition) is 0. The van der Waals surface area contributed by atoms with Crippen LogP contribution in [-0.2, 0) is 6.54 Å². The van der Waals surface area contributed by atoms with Crippen molar-refractivity contribution in [1.82, 2.24) is 18.5 Å². The molecule has 0 atom stereocenters.